The molecule has 3 aromatic heterocycles. The molecular weight excluding hydrogens is 374 g/mol. The number of thiophene rings is 1. The molecule has 28 heavy (non-hydrogen) atoms. The van der Waals surface area contributed by atoms with Crippen LogP contribution < -0.4 is 4.90 Å². The van der Waals surface area contributed by atoms with Crippen LogP contribution in [0.1, 0.15) is 29.0 Å². The topological polar surface area (TPSA) is 63.5 Å². The van der Waals surface area contributed by atoms with Crippen LogP contribution in [0.2, 0.25) is 0 Å². The highest BCUT2D eigenvalue weighted by atomic mass is 32.1. The third kappa shape index (κ3) is 2.87. The molecule has 8 heteroatoms. The Hall–Kier alpha value is -2.45. The fourth-order valence-corrected chi connectivity index (χ4v) is 5.05. The van der Waals surface area contributed by atoms with Gasteiger partial charge in [-0.15, -0.1) is 11.3 Å². The van der Waals surface area contributed by atoms with Crippen molar-refractivity contribution in [2.24, 2.45) is 0 Å². The summed E-state index contributed by atoms with van der Waals surface area (Å²) in [6, 6.07) is 6.04. The van der Waals surface area contributed by atoms with Gasteiger partial charge < -0.3 is 14.5 Å². The van der Waals surface area contributed by atoms with Crippen molar-refractivity contribution in [3.8, 4) is 0 Å². The fourth-order valence-electron chi connectivity index (χ4n) is 4.15. The van der Waals surface area contributed by atoms with Crippen molar-refractivity contribution >= 4 is 33.1 Å². The molecule has 0 N–H and O–H groups in total. The lowest BCUT2D eigenvalue weighted by atomic mass is 9.89. The maximum atomic E-state index is 12.2. The van der Waals surface area contributed by atoms with Gasteiger partial charge in [0.15, 0.2) is 5.69 Å². The molecule has 0 unspecified atom stereocenters. The Morgan fingerprint density at radius 3 is 2.89 bits per heavy atom. The molecule has 1 fully saturated rings. The zero-order valence-electron chi connectivity index (χ0n) is 16.1. The van der Waals surface area contributed by atoms with Crippen LogP contribution in [0.3, 0.4) is 0 Å². The number of carbonyl (C=O) groups excluding carboxylic acids is 1. The van der Waals surface area contributed by atoms with Crippen molar-refractivity contribution in [2.75, 3.05) is 32.1 Å². The van der Waals surface area contributed by atoms with E-state index < -0.39 is 0 Å². The molecule has 1 amide bonds. The third-order valence-electron chi connectivity index (χ3n) is 5.79. The molecule has 0 saturated carbocycles. The lowest BCUT2D eigenvalue weighted by Crippen LogP contribution is -2.50. The summed E-state index contributed by atoms with van der Waals surface area (Å²) >= 11 is 1.75. The molecule has 1 spiro atoms. The number of pyridine rings is 1. The van der Waals surface area contributed by atoms with Gasteiger partial charge in [-0.2, -0.15) is 5.10 Å². The standard InChI is InChI=1S/C20H23N5O2S/c1-23(2)19(26)16-11-14-12-27-20(13-25(14)22-16)5-8-24(9-6-20)17-3-7-21-15-4-10-28-18(15)17/h3-4,7,10-11H,5-6,8-9,12-13H2,1-2H3. The highest BCUT2D eigenvalue weighted by Crippen LogP contribution is 2.37. The normalized spacial score (nSPS) is 18.4. The average molecular weight is 398 g/mol. The van der Waals surface area contributed by atoms with E-state index in [1.54, 1.807) is 30.3 Å². The molecule has 2 aliphatic heterocycles. The second-order valence-electron chi connectivity index (χ2n) is 7.80. The smallest absolute Gasteiger partial charge is 0.273 e. The van der Waals surface area contributed by atoms with Crippen LogP contribution >= 0.6 is 11.3 Å². The van der Waals surface area contributed by atoms with Crippen molar-refractivity contribution in [3.63, 3.8) is 0 Å². The molecule has 3 aromatic rings. The molecular formula is C20H23N5O2S. The van der Waals surface area contributed by atoms with E-state index in [9.17, 15) is 4.79 Å². The van der Waals surface area contributed by atoms with Gasteiger partial charge in [-0.1, -0.05) is 0 Å². The number of hydrogen-bond donors (Lipinski definition) is 0. The zero-order chi connectivity index (χ0) is 19.3. The quantitative estimate of drug-likeness (QED) is 0.665. The number of nitrogens with zero attached hydrogens (tertiary/aromatic N) is 5. The van der Waals surface area contributed by atoms with E-state index in [2.05, 4.69) is 32.5 Å². The first kappa shape index (κ1) is 17.6. The predicted molar refractivity (Wildman–Crippen MR) is 109 cm³/mol. The molecule has 0 atom stereocenters. The molecule has 5 rings (SSSR count). The Morgan fingerprint density at radius 2 is 2.11 bits per heavy atom. The van der Waals surface area contributed by atoms with Gasteiger partial charge >= 0.3 is 0 Å². The molecule has 1 saturated heterocycles. The summed E-state index contributed by atoms with van der Waals surface area (Å²) in [5.74, 6) is -0.0663. The summed E-state index contributed by atoms with van der Waals surface area (Å²) in [6.45, 7) is 3.11. The van der Waals surface area contributed by atoms with Crippen LogP contribution in [-0.2, 0) is 17.9 Å². The number of ether oxygens (including phenoxy) is 1. The summed E-state index contributed by atoms with van der Waals surface area (Å²) < 4.78 is 9.55. The van der Waals surface area contributed by atoms with E-state index in [4.69, 9.17) is 4.74 Å². The highest BCUT2D eigenvalue weighted by Gasteiger charge is 2.40. The van der Waals surface area contributed by atoms with E-state index >= 15 is 0 Å². The lowest BCUT2D eigenvalue weighted by molar-refractivity contribution is -0.106. The number of piperidine rings is 1. The molecule has 0 radical (unpaired) electrons. The number of amides is 1. The van der Waals surface area contributed by atoms with Gasteiger partial charge in [0.2, 0.25) is 0 Å². The summed E-state index contributed by atoms with van der Waals surface area (Å²) in [7, 11) is 3.50. The third-order valence-corrected chi connectivity index (χ3v) is 6.72. The minimum atomic E-state index is -0.199. The van der Waals surface area contributed by atoms with E-state index in [0.717, 1.165) is 37.1 Å². The SMILES string of the molecule is CN(C)C(=O)c1cc2n(n1)CC1(CCN(c3ccnc4ccsc34)CC1)OC2. The summed E-state index contributed by atoms with van der Waals surface area (Å²) in [4.78, 5) is 20.7. The van der Waals surface area contributed by atoms with Gasteiger partial charge in [0, 0.05) is 33.4 Å². The van der Waals surface area contributed by atoms with Crippen LogP contribution in [0, 0.1) is 0 Å². The fraction of sp³-hybridized carbons (Fsp3) is 0.450. The molecule has 7 nitrogen and oxygen atoms in total. The number of rotatable bonds is 2. The van der Waals surface area contributed by atoms with Crippen molar-refractivity contribution < 1.29 is 9.53 Å². The van der Waals surface area contributed by atoms with E-state index in [1.807, 2.05) is 16.9 Å². The first-order chi connectivity index (χ1) is 13.5. The Balaban J connectivity index is 1.33. The number of anilines is 1. The van der Waals surface area contributed by atoms with Crippen LogP contribution in [-0.4, -0.2) is 58.4 Å². The summed E-state index contributed by atoms with van der Waals surface area (Å²) in [5.41, 5.74) is 3.61. The summed E-state index contributed by atoms with van der Waals surface area (Å²) in [5, 5.41) is 6.66. The Labute approximate surface area is 167 Å². The van der Waals surface area contributed by atoms with E-state index in [0.29, 0.717) is 18.8 Å². The maximum Gasteiger partial charge on any atom is 0.273 e. The molecule has 0 bridgehead atoms. The zero-order valence-corrected chi connectivity index (χ0v) is 16.9. The highest BCUT2D eigenvalue weighted by molar-refractivity contribution is 7.17. The molecule has 0 aliphatic carbocycles. The van der Waals surface area contributed by atoms with Crippen LogP contribution in [0.4, 0.5) is 5.69 Å². The number of aromatic nitrogens is 3. The van der Waals surface area contributed by atoms with Crippen molar-refractivity contribution in [2.45, 2.75) is 31.6 Å². The second-order valence-corrected chi connectivity index (χ2v) is 8.72. The van der Waals surface area contributed by atoms with Gasteiger partial charge in [0.1, 0.15) is 0 Å². The first-order valence-electron chi connectivity index (χ1n) is 9.54. The van der Waals surface area contributed by atoms with Gasteiger partial charge in [0.05, 0.1) is 40.4 Å². The maximum absolute atomic E-state index is 12.2. The minimum Gasteiger partial charge on any atom is -0.370 e. The summed E-state index contributed by atoms with van der Waals surface area (Å²) in [6.07, 6.45) is 3.78. The van der Waals surface area contributed by atoms with Gasteiger partial charge in [-0.05, 0) is 36.4 Å². The van der Waals surface area contributed by atoms with E-state index in [1.165, 1.54) is 10.4 Å². The van der Waals surface area contributed by atoms with Gasteiger partial charge in [-0.25, -0.2) is 0 Å². The van der Waals surface area contributed by atoms with Crippen LogP contribution in [0.5, 0.6) is 0 Å². The first-order valence-corrected chi connectivity index (χ1v) is 10.4. The van der Waals surface area contributed by atoms with E-state index in [-0.39, 0.29) is 11.5 Å². The minimum absolute atomic E-state index is 0.0663. The van der Waals surface area contributed by atoms with Crippen molar-refractivity contribution in [3.05, 3.63) is 41.2 Å². The largest absolute Gasteiger partial charge is 0.370 e. The molecule has 146 valence electrons. The lowest BCUT2D eigenvalue weighted by Gasteiger charge is -2.44. The Bertz CT molecular complexity index is 1030. The Morgan fingerprint density at radius 1 is 1.29 bits per heavy atom. The van der Waals surface area contributed by atoms with Gasteiger partial charge in [-0.3, -0.25) is 14.5 Å². The van der Waals surface area contributed by atoms with Crippen molar-refractivity contribution in [1.29, 1.82) is 0 Å². The number of hydrogen-bond acceptors (Lipinski definition) is 6. The number of fused-ring (bicyclic) bond motifs is 2. The van der Waals surface area contributed by atoms with Gasteiger partial charge in [0.25, 0.3) is 5.91 Å². The van der Waals surface area contributed by atoms with Crippen LogP contribution in [0.15, 0.2) is 29.8 Å². The predicted octanol–water partition coefficient (Wildman–Crippen LogP) is 2.76. The monoisotopic (exact) mass is 397 g/mol. The average Bonchev–Trinajstić information content (AvgIpc) is 3.34. The molecule has 2 aliphatic rings. The molecule has 0 aromatic carbocycles. The van der Waals surface area contributed by atoms with Crippen molar-refractivity contribution in [1.82, 2.24) is 19.7 Å². The Kier molecular flexibility index (Phi) is 4.13. The second kappa shape index (κ2) is 6.56. The van der Waals surface area contributed by atoms with Crippen LogP contribution in [0.25, 0.3) is 10.2 Å². The molecule has 5 heterocycles. The number of carbonyl (C=O) groups is 1.